The molecule has 0 N–H and O–H groups in total. The Morgan fingerprint density at radius 1 is 0.385 bits per heavy atom. The van der Waals surface area contributed by atoms with Crippen molar-refractivity contribution >= 4 is 74.9 Å². The molecule has 0 aliphatic carbocycles. The number of benzene rings is 8. The van der Waals surface area contributed by atoms with E-state index in [1.54, 1.807) is 11.3 Å². The minimum atomic E-state index is 0.638. The van der Waals surface area contributed by atoms with Crippen molar-refractivity contribution in [3.05, 3.63) is 170 Å². The Kier molecular flexibility index (Phi) is 6.39. The Labute approximate surface area is 302 Å². The molecule has 0 amide bonds. The van der Waals surface area contributed by atoms with Gasteiger partial charge in [-0.1, -0.05) is 127 Å². The second-order valence-electron chi connectivity index (χ2n) is 13.2. The van der Waals surface area contributed by atoms with Crippen LogP contribution in [0.3, 0.4) is 0 Å². The van der Waals surface area contributed by atoms with E-state index in [4.69, 9.17) is 15.0 Å². The molecule has 11 aromatic rings. The molecule has 3 heterocycles. The summed E-state index contributed by atoms with van der Waals surface area (Å²) in [5.41, 5.74) is 6.27. The van der Waals surface area contributed by atoms with Crippen molar-refractivity contribution < 1.29 is 0 Å². The lowest BCUT2D eigenvalue weighted by Gasteiger charge is -2.12. The summed E-state index contributed by atoms with van der Waals surface area (Å²) in [7, 11) is 0. The molecule has 0 aliphatic heterocycles. The molecule has 0 bridgehead atoms. The van der Waals surface area contributed by atoms with Gasteiger partial charge < -0.3 is 4.57 Å². The smallest absolute Gasteiger partial charge is 0.164 e. The van der Waals surface area contributed by atoms with Crippen molar-refractivity contribution in [1.29, 1.82) is 0 Å². The van der Waals surface area contributed by atoms with E-state index in [9.17, 15) is 0 Å². The zero-order valence-corrected chi connectivity index (χ0v) is 28.7. The molecule has 242 valence electrons. The topological polar surface area (TPSA) is 43.6 Å². The van der Waals surface area contributed by atoms with Gasteiger partial charge in [0.2, 0.25) is 0 Å². The van der Waals surface area contributed by atoms with Crippen molar-refractivity contribution in [3.8, 4) is 39.9 Å². The van der Waals surface area contributed by atoms with Crippen LogP contribution in [-0.4, -0.2) is 19.5 Å². The van der Waals surface area contributed by atoms with Gasteiger partial charge in [-0.25, -0.2) is 15.0 Å². The van der Waals surface area contributed by atoms with Gasteiger partial charge in [0.1, 0.15) is 0 Å². The second-order valence-corrected chi connectivity index (χ2v) is 14.3. The van der Waals surface area contributed by atoms with Gasteiger partial charge in [0.05, 0.1) is 11.0 Å². The SMILES string of the molecule is c1ccc(-c2nc(-c3cccc(-n4c5cc6ccccc6cc5c5c6ccccc6ccc54)c3)nc(-c3cccc4sc5ccccc5c34)n2)cc1. The summed E-state index contributed by atoms with van der Waals surface area (Å²) in [5.74, 6) is 1.95. The molecule has 0 saturated carbocycles. The van der Waals surface area contributed by atoms with Crippen LogP contribution < -0.4 is 0 Å². The number of aromatic nitrogens is 4. The molecule has 0 saturated heterocycles. The van der Waals surface area contributed by atoms with Crippen molar-refractivity contribution in [2.75, 3.05) is 0 Å². The Hall–Kier alpha value is -6.69. The molecule has 0 spiro atoms. The highest BCUT2D eigenvalue weighted by atomic mass is 32.1. The van der Waals surface area contributed by atoms with Crippen molar-refractivity contribution in [2.45, 2.75) is 0 Å². The van der Waals surface area contributed by atoms with E-state index in [-0.39, 0.29) is 0 Å². The lowest BCUT2D eigenvalue weighted by Crippen LogP contribution is -2.01. The number of rotatable bonds is 4. The van der Waals surface area contributed by atoms with Gasteiger partial charge in [-0.3, -0.25) is 0 Å². The fourth-order valence-electron chi connectivity index (χ4n) is 7.84. The molecule has 0 fully saturated rings. The van der Waals surface area contributed by atoms with Gasteiger partial charge in [0.25, 0.3) is 0 Å². The largest absolute Gasteiger partial charge is 0.309 e. The minimum absolute atomic E-state index is 0.638. The third-order valence-electron chi connectivity index (χ3n) is 10.2. The predicted octanol–water partition coefficient (Wildman–Crippen LogP) is 12.6. The highest BCUT2D eigenvalue weighted by molar-refractivity contribution is 7.25. The van der Waals surface area contributed by atoms with Crippen LogP contribution in [0.4, 0.5) is 0 Å². The number of nitrogens with zero attached hydrogens (tertiary/aromatic N) is 4. The molecule has 0 atom stereocenters. The molecule has 0 unspecified atom stereocenters. The molecule has 4 nitrogen and oxygen atoms in total. The summed E-state index contributed by atoms with van der Waals surface area (Å²) in [6, 6.07) is 60.3. The molecule has 0 aliphatic rings. The molecule has 0 radical (unpaired) electrons. The second kappa shape index (κ2) is 11.4. The molecule has 52 heavy (non-hydrogen) atoms. The van der Waals surface area contributed by atoms with Gasteiger partial charge in [0, 0.05) is 53.3 Å². The maximum atomic E-state index is 5.24. The normalized spacial score (nSPS) is 11.8. The summed E-state index contributed by atoms with van der Waals surface area (Å²) in [5, 5.41) is 9.82. The zero-order chi connectivity index (χ0) is 34.2. The first kappa shape index (κ1) is 29.1. The van der Waals surface area contributed by atoms with Gasteiger partial charge in [-0.15, -0.1) is 11.3 Å². The summed E-state index contributed by atoms with van der Waals surface area (Å²) in [4.78, 5) is 15.5. The van der Waals surface area contributed by atoms with Crippen LogP contribution >= 0.6 is 11.3 Å². The van der Waals surface area contributed by atoms with E-state index in [1.807, 2.05) is 18.2 Å². The van der Waals surface area contributed by atoms with Crippen molar-refractivity contribution in [1.82, 2.24) is 19.5 Å². The fraction of sp³-hybridized carbons (Fsp3) is 0. The standard InChI is InChI=1S/C47H28N4S/c1-2-13-30(14-3-1)45-48-46(50-47(49-45)37-21-11-23-42-44(37)36-20-8-9-22-41(36)52-42)33-17-10-18-34(26-33)51-39-25-24-29-12-6-7-19-35(29)43(39)38-27-31-15-4-5-16-32(31)28-40(38)51/h1-28H. The average Bonchev–Trinajstić information content (AvgIpc) is 3.76. The Balaban J connectivity index is 1.16. The molecular weight excluding hydrogens is 653 g/mol. The van der Waals surface area contributed by atoms with E-state index in [1.165, 1.54) is 63.5 Å². The van der Waals surface area contributed by atoms with Crippen molar-refractivity contribution in [3.63, 3.8) is 0 Å². The summed E-state index contributed by atoms with van der Waals surface area (Å²) >= 11 is 1.80. The quantitative estimate of drug-likeness (QED) is 0.186. The molecule has 8 aromatic carbocycles. The lowest BCUT2D eigenvalue weighted by atomic mass is 10.0. The third kappa shape index (κ3) is 4.50. The number of thiophene rings is 1. The highest BCUT2D eigenvalue weighted by Crippen LogP contribution is 2.41. The van der Waals surface area contributed by atoms with E-state index >= 15 is 0 Å². The monoisotopic (exact) mass is 680 g/mol. The van der Waals surface area contributed by atoms with Gasteiger partial charge in [-0.2, -0.15) is 0 Å². The lowest BCUT2D eigenvalue weighted by molar-refractivity contribution is 1.07. The first-order chi connectivity index (χ1) is 25.8. The van der Waals surface area contributed by atoms with E-state index < -0.39 is 0 Å². The first-order valence-corrected chi connectivity index (χ1v) is 18.3. The highest BCUT2D eigenvalue weighted by Gasteiger charge is 2.19. The maximum absolute atomic E-state index is 5.24. The Bertz CT molecular complexity index is 3190. The third-order valence-corrected chi connectivity index (χ3v) is 11.3. The summed E-state index contributed by atoms with van der Waals surface area (Å²) in [6.07, 6.45) is 0. The van der Waals surface area contributed by atoms with Crippen LogP contribution in [0.15, 0.2) is 170 Å². The van der Waals surface area contributed by atoms with E-state index in [0.29, 0.717) is 17.5 Å². The molecular formula is C47H28N4S. The van der Waals surface area contributed by atoms with Crippen LogP contribution in [0.5, 0.6) is 0 Å². The average molecular weight is 681 g/mol. The number of hydrogen-bond acceptors (Lipinski definition) is 4. The first-order valence-electron chi connectivity index (χ1n) is 17.4. The fourth-order valence-corrected chi connectivity index (χ4v) is 8.97. The Morgan fingerprint density at radius 2 is 1.04 bits per heavy atom. The zero-order valence-electron chi connectivity index (χ0n) is 27.9. The van der Waals surface area contributed by atoms with Gasteiger partial charge in [0.15, 0.2) is 17.5 Å². The van der Waals surface area contributed by atoms with Crippen LogP contribution in [0, 0.1) is 0 Å². The van der Waals surface area contributed by atoms with E-state index in [2.05, 4.69) is 156 Å². The molecule has 3 aromatic heterocycles. The number of fused-ring (bicyclic) bond motifs is 9. The van der Waals surface area contributed by atoms with Crippen LogP contribution in [-0.2, 0) is 0 Å². The summed E-state index contributed by atoms with van der Waals surface area (Å²) < 4.78 is 4.86. The van der Waals surface area contributed by atoms with Gasteiger partial charge >= 0.3 is 0 Å². The van der Waals surface area contributed by atoms with Crippen LogP contribution in [0.25, 0.3) is 103 Å². The number of hydrogen-bond donors (Lipinski definition) is 0. The van der Waals surface area contributed by atoms with Crippen LogP contribution in [0.1, 0.15) is 0 Å². The van der Waals surface area contributed by atoms with Crippen LogP contribution in [0.2, 0.25) is 0 Å². The van der Waals surface area contributed by atoms with Crippen molar-refractivity contribution in [2.24, 2.45) is 0 Å². The molecule has 5 heteroatoms. The molecule has 11 rings (SSSR count). The van der Waals surface area contributed by atoms with Gasteiger partial charge in [-0.05, 0) is 64.0 Å². The predicted molar refractivity (Wildman–Crippen MR) is 218 cm³/mol. The summed E-state index contributed by atoms with van der Waals surface area (Å²) in [6.45, 7) is 0. The minimum Gasteiger partial charge on any atom is -0.309 e. The van der Waals surface area contributed by atoms with E-state index in [0.717, 1.165) is 22.4 Å². The maximum Gasteiger partial charge on any atom is 0.164 e. The Morgan fingerprint density at radius 3 is 1.90 bits per heavy atom.